The molecule has 4 atom stereocenters. The molecule has 1 aromatic carbocycles. The first-order valence-corrected chi connectivity index (χ1v) is 10.8. The maximum Gasteiger partial charge on any atom is 0.283 e. The first-order valence-electron chi connectivity index (χ1n) is 10.8. The van der Waals surface area contributed by atoms with Gasteiger partial charge >= 0.3 is 0 Å². The summed E-state index contributed by atoms with van der Waals surface area (Å²) in [6.07, 6.45) is 6.44. The van der Waals surface area contributed by atoms with Gasteiger partial charge in [0.15, 0.2) is 0 Å². The fraction of sp³-hybridized carbons (Fsp3) is 0.458. The summed E-state index contributed by atoms with van der Waals surface area (Å²) in [4.78, 5) is 9.06. The Balaban J connectivity index is 1.59. The number of benzene rings is 1. The van der Waals surface area contributed by atoms with Gasteiger partial charge in [-0.1, -0.05) is 6.07 Å². The second kappa shape index (κ2) is 7.54. The zero-order chi connectivity index (χ0) is 21.6. The molecule has 1 spiro atoms. The molecule has 3 heterocycles. The van der Waals surface area contributed by atoms with Crippen LogP contribution in [0, 0.1) is 17.2 Å². The second-order valence-corrected chi connectivity index (χ2v) is 8.83. The lowest BCUT2D eigenvalue weighted by molar-refractivity contribution is -0.0791. The molecular weight excluding hydrogens is 392 g/mol. The number of pyridine rings is 1. The highest BCUT2D eigenvalue weighted by molar-refractivity contribution is 5.75. The number of ether oxygens (including phenoxy) is 3. The molecule has 2 aliphatic heterocycles. The molecule has 7 heteroatoms. The van der Waals surface area contributed by atoms with Crippen molar-refractivity contribution in [2.75, 3.05) is 6.61 Å². The summed E-state index contributed by atoms with van der Waals surface area (Å²) in [6, 6.07) is 10.3. The summed E-state index contributed by atoms with van der Waals surface area (Å²) in [7, 11) is 0. The molecule has 5 rings (SSSR count). The van der Waals surface area contributed by atoms with E-state index in [-0.39, 0.29) is 30.3 Å². The summed E-state index contributed by atoms with van der Waals surface area (Å²) in [5.74, 6) is 0.928. The minimum Gasteiger partial charge on any atom is -0.490 e. The summed E-state index contributed by atoms with van der Waals surface area (Å²) < 4.78 is 18.3. The van der Waals surface area contributed by atoms with Crippen LogP contribution in [-0.4, -0.2) is 35.9 Å². The van der Waals surface area contributed by atoms with Crippen molar-refractivity contribution in [3.63, 3.8) is 0 Å². The number of nitrogens with two attached hydrogens (primary N) is 1. The van der Waals surface area contributed by atoms with Crippen LogP contribution < -0.4 is 10.5 Å². The quantitative estimate of drug-likeness (QED) is 0.818. The lowest BCUT2D eigenvalue weighted by Gasteiger charge is -2.48. The smallest absolute Gasteiger partial charge is 0.283 e. The Morgan fingerprint density at radius 1 is 1.23 bits per heavy atom. The van der Waals surface area contributed by atoms with E-state index >= 15 is 0 Å². The van der Waals surface area contributed by atoms with Crippen LogP contribution in [0.25, 0.3) is 11.1 Å². The van der Waals surface area contributed by atoms with Crippen molar-refractivity contribution in [3.05, 3.63) is 47.8 Å². The molecular formula is C24H26N4O3. The highest BCUT2D eigenvalue weighted by Crippen LogP contribution is 2.53. The van der Waals surface area contributed by atoms with Gasteiger partial charge in [-0.05, 0) is 56.9 Å². The van der Waals surface area contributed by atoms with E-state index in [0.717, 1.165) is 41.7 Å². The second-order valence-electron chi connectivity index (χ2n) is 8.83. The van der Waals surface area contributed by atoms with Crippen LogP contribution in [0.2, 0.25) is 0 Å². The van der Waals surface area contributed by atoms with Crippen molar-refractivity contribution in [2.45, 2.75) is 57.0 Å². The molecule has 31 heavy (non-hydrogen) atoms. The Bertz CT molecular complexity index is 1080. The molecule has 0 saturated heterocycles. The van der Waals surface area contributed by atoms with Crippen molar-refractivity contribution in [1.82, 2.24) is 4.98 Å². The highest BCUT2D eigenvalue weighted by atomic mass is 16.5. The van der Waals surface area contributed by atoms with Crippen molar-refractivity contribution < 1.29 is 14.2 Å². The van der Waals surface area contributed by atoms with Crippen LogP contribution in [0.15, 0.2) is 41.7 Å². The number of amidine groups is 1. The Kier molecular flexibility index (Phi) is 4.82. The fourth-order valence-corrected chi connectivity index (χ4v) is 5.20. The molecule has 0 amide bonds. The number of fused-ring (bicyclic) bond motifs is 4. The normalized spacial score (nSPS) is 28.8. The third-order valence-corrected chi connectivity index (χ3v) is 6.49. The van der Waals surface area contributed by atoms with Gasteiger partial charge in [0, 0.05) is 29.4 Å². The molecule has 1 fully saturated rings. The topological polar surface area (TPSA) is 103 Å². The zero-order valence-electron chi connectivity index (χ0n) is 17.7. The van der Waals surface area contributed by atoms with Gasteiger partial charge in [-0.2, -0.15) is 5.26 Å². The van der Waals surface area contributed by atoms with Crippen LogP contribution in [0.4, 0.5) is 0 Å². The summed E-state index contributed by atoms with van der Waals surface area (Å²) >= 11 is 0. The van der Waals surface area contributed by atoms with Gasteiger partial charge in [0.1, 0.15) is 30.1 Å². The van der Waals surface area contributed by atoms with Crippen LogP contribution in [0.3, 0.4) is 0 Å². The maximum absolute atomic E-state index is 9.24. The molecule has 160 valence electrons. The number of aliphatic imine (C=N–C) groups is 1. The average molecular weight is 418 g/mol. The van der Waals surface area contributed by atoms with E-state index in [1.54, 1.807) is 12.4 Å². The number of rotatable bonds is 3. The zero-order valence-corrected chi connectivity index (χ0v) is 17.7. The predicted octanol–water partition coefficient (Wildman–Crippen LogP) is 3.52. The summed E-state index contributed by atoms with van der Waals surface area (Å²) in [6.45, 7) is 4.53. The average Bonchev–Trinajstić information content (AvgIpc) is 3.16. The number of hydrogen-bond donors (Lipinski definition) is 1. The van der Waals surface area contributed by atoms with Crippen molar-refractivity contribution in [2.24, 2.45) is 16.6 Å². The van der Waals surface area contributed by atoms with Crippen LogP contribution >= 0.6 is 0 Å². The molecule has 3 aliphatic rings. The largest absolute Gasteiger partial charge is 0.490 e. The van der Waals surface area contributed by atoms with Crippen LogP contribution in [0.5, 0.6) is 5.75 Å². The Morgan fingerprint density at radius 2 is 2.10 bits per heavy atom. The third kappa shape index (κ3) is 3.41. The van der Waals surface area contributed by atoms with Gasteiger partial charge in [-0.15, -0.1) is 0 Å². The molecule has 2 aromatic rings. The lowest BCUT2D eigenvalue weighted by Crippen LogP contribution is -2.52. The third-order valence-electron chi connectivity index (χ3n) is 6.49. The molecule has 1 saturated carbocycles. The van der Waals surface area contributed by atoms with Crippen molar-refractivity contribution in [3.8, 4) is 22.9 Å². The minimum absolute atomic E-state index is 0.0483. The molecule has 0 bridgehead atoms. The van der Waals surface area contributed by atoms with Gasteiger partial charge in [0.05, 0.1) is 17.8 Å². The number of nitrogens with zero attached hydrogens (tertiary/aromatic N) is 3. The Labute approximate surface area is 181 Å². The van der Waals surface area contributed by atoms with Gasteiger partial charge in [-0.3, -0.25) is 4.98 Å². The summed E-state index contributed by atoms with van der Waals surface area (Å²) in [5, 5.41) is 9.24. The number of nitriles is 1. The van der Waals surface area contributed by atoms with E-state index in [2.05, 4.69) is 31.0 Å². The van der Waals surface area contributed by atoms with Gasteiger partial charge < -0.3 is 19.9 Å². The predicted molar refractivity (Wildman–Crippen MR) is 115 cm³/mol. The Hall–Kier alpha value is -3.11. The summed E-state index contributed by atoms with van der Waals surface area (Å²) in [5.41, 5.74) is 8.75. The highest BCUT2D eigenvalue weighted by Gasteiger charge is 2.55. The maximum atomic E-state index is 9.24. The molecule has 1 aromatic heterocycles. The van der Waals surface area contributed by atoms with E-state index in [0.29, 0.717) is 12.2 Å². The standard InChI is InChI=1S/C24H26N4O3/c1-14(2)30-18-4-6-22-20(9-18)24(13-29-23(26)28-24)19-8-16(3-5-21(19)31-22)17-7-15(10-25)11-27-12-17/h3,5,7-8,11-12,14,18,20,22H,4,6,9,13H2,1-2H3,(H2,26,28)/t18-,20?,22?,24?/m0/s1. The minimum atomic E-state index is -0.600. The van der Waals surface area contributed by atoms with Crippen LogP contribution in [0.1, 0.15) is 44.2 Å². The van der Waals surface area contributed by atoms with Gasteiger partial charge in [0.25, 0.3) is 6.02 Å². The SMILES string of the molecule is CC(C)O[C@H]1CCC2Oc3ccc(-c4cncc(C#N)c4)cc3C3(COC(N)=N3)C2C1. The first kappa shape index (κ1) is 19.8. The van der Waals surface area contributed by atoms with E-state index in [1.165, 1.54) is 0 Å². The molecule has 0 radical (unpaired) electrons. The van der Waals surface area contributed by atoms with E-state index < -0.39 is 5.54 Å². The van der Waals surface area contributed by atoms with E-state index in [4.69, 9.17) is 24.9 Å². The first-order chi connectivity index (χ1) is 15.0. The lowest BCUT2D eigenvalue weighted by atomic mass is 9.67. The fourth-order valence-electron chi connectivity index (χ4n) is 5.20. The molecule has 3 unspecified atom stereocenters. The van der Waals surface area contributed by atoms with Crippen molar-refractivity contribution >= 4 is 6.02 Å². The molecule has 7 nitrogen and oxygen atoms in total. The Morgan fingerprint density at radius 3 is 2.84 bits per heavy atom. The van der Waals surface area contributed by atoms with Gasteiger partial charge in [-0.25, -0.2) is 4.99 Å². The van der Waals surface area contributed by atoms with E-state index in [1.807, 2.05) is 18.2 Å². The van der Waals surface area contributed by atoms with Crippen molar-refractivity contribution in [1.29, 1.82) is 5.26 Å². The molecule has 2 N–H and O–H groups in total. The van der Waals surface area contributed by atoms with E-state index in [9.17, 15) is 5.26 Å². The van der Waals surface area contributed by atoms with Gasteiger partial charge in [0.2, 0.25) is 0 Å². The number of hydrogen-bond acceptors (Lipinski definition) is 7. The van der Waals surface area contributed by atoms with Crippen LogP contribution in [-0.2, 0) is 15.0 Å². The molecule has 1 aliphatic carbocycles. The number of aromatic nitrogens is 1. The monoisotopic (exact) mass is 418 g/mol.